The molecule has 1 fully saturated rings. The molecule has 1 aliphatic heterocycles. The maximum Gasteiger partial charge on any atom is 0.136 e. The van der Waals surface area contributed by atoms with Gasteiger partial charge in [-0.3, -0.25) is 0 Å². The normalized spacial score (nSPS) is 17.7. The van der Waals surface area contributed by atoms with Gasteiger partial charge in [0.15, 0.2) is 0 Å². The number of rotatable bonds is 2. The van der Waals surface area contributed by atoms with Crippen LogP contribution in [0.25, 0.3) is 5.65 Å². The van der Waals surface area contributed by atoms with E-state index in [2.05, 4.69) is 46.2 Å². The van der Waals surface area contributed by atoms with Crippen LogP contribution in [-0.2, 0) is 6.42 Å². The first kappa shape index (κ1) is 10.8. The summed E-state index contributed by atoms with van der Waals surface area (Å²) in [4.78, 5) is 4.51. The van der Waals surface area contributed by atoms with E-state index in [0.717, 1.165) is 25.2 Å². The summed E-state index contributed by atoms with van der Waals surface area (Å²) >= 11 is 0. The van der Waals surface area contributed by atoms with Gasteiger partial charge in [-0.25, -0.2) is 4.98 Å². The van der Waals surface area contributed by atoms with Gasteiger partial charge in [0.1, 0.15) is 5.65 Å². The fraction of sp³-hybridized carbons (Fsp3) is 0.500. The predicted octanol–water partition coefficient (Wildman–Crippen LogP) is 2.36. The van der Waals surface area contributed by atoms with Crippen molar-refractivity contribution in [3.05, 3.63) is 35.8 Å². The lowest BCUT2D eigenvalue weighted by Gasteiger charge is -2.22. The summed E-state index contributed by atoms with van der Waals surface area (Å²) in [7, 11) is 0. The Hall–Kier alpha value is -1.35. The van der Waals surface area contributed by atoms with Crippen molar-refractivity contribution >= 4 is 5.65 Å². The van der Waals surface area contributed by atoms with Crippen LogP contribution in [0.15, 0.2) is 24.5 Å². The summed E-state index contributed by atoms with van der Waals surface area (Å²) in [5, 5.41) is 3.42. The van der Waals surface area contributed by atoms with Crippen LogP contribution in [0.3, 0.4) is 0 Å². The Bertz CT molecular complexity index is 509. The van der Waals surface area contributed by atoms with Crippen molar-refractivity contribution in [2.45, 2.75) is 32.1 Å². The van der Waals surface area contributed by atoms with Gasteiger partial charge < -0.3 is 9.72 Å². The molecule has 0 unspecified atom stereocenters. The predicted molar refractivity (Wildman–Crippen MR) is 69.4 cm³/mol. The number of aromatic nitrogens is 2. The van der Waals surface area contributed by atoms with Gasteiger partial charge >= 0.3 is 0 Å². The summed E-state index contributed by atoms with van der Waals surface area (Å²) in [6.45, 7) is 4.46. The van der Waals surface area contributed by atoms with Gasteiger partial charge in [0, 0.05) is 24.0 Å². The Balaban J connectivity index is 2.02. The van der Waals surface area contributed by atoms with E-state index in [-0.39, 0.29) is 0 Å². The number of imidazole rings is 1. The minimum Gasteiger partial charge on any atom is -0.317 e. The molecular weight excluding hydrogens is 210 g/mol. The number of hydrogen-bond acceptors (Lipinski definition) is 2. The first-order valence-electron chi connectivity index (χ1n) is 6.55. The van der Waals surface area contributed by atoms with Gasteiger partial charge in [0.25, 0.3) is 0 Å². The van der Waals surface area contributed by atoms with Gasteiger partial charge in [-0.1, -0.05) is 13.0 Å². The lowest BCUT2D eigenvalue weighted by Crippen LogP contribution is -2.27. The molecule has 0 saturated carbocycles. The van der Waals surface area contributed by atoms with E-state index >= 15 is 0 Å². The number of hydrogen-bond donors (Lipinski definition) is 1. The van der Waals surface area contributed by atoms with E-state index in [1.165, 1.54) is 24.1 Å². The van der Waals surface area contributed by atoms with E-state index in [0.29, 0.717) is 5.92 Å². The van der Waals surface area contributed by atoms with Gasteiger partial charge in [-0.15, -0.1) is 0 Å². The van der Waals surface area contributed by atoms with Crippen molar-refractivity contribution in [1.29, 1.82) is 0 Å². The van der Waals surface area contributed by atoms with E-state index in [9.17, 15) is 0 Å². The molecule has 2 aromatic rings. The van der Waals surface area contributed by atoms with Crippen molar-refractivity contribution in [3.8, 4) is 0 Å². The van der Waals surface area contributed by atoms with Crippen LogP contribution in [0.2, 0.25) is 0 Å². The Morgan fingerprint density at radius 1 is 1.35 bits per heavy atom. The Morgan fingerprint density at radius 3 is 2.94 bits per heavy atom. The van der Waals surface area contributed by atoms with Gasteiger partial charge in [-0.2, -0.15) is 0 Å². The third kappa shape index (κ3) is 1.95. The van der Waals surface area contributed by atoms with Gasteiger partial charge in [0.05, 0.1) is 0 Å². The Kier molecular flexibility index (Phi) is 2.85. The summed E-state index contributed by atoms with van der Waals surface area (Å²) in [5.74, 6) is 0.665. The van der Waals surface area contributed by atoms with Crippen LogP contribution in [0.1, 0.15) is 36.9 Å². The topological polar surface area (TPSA) is 29.3 Å². The highest BCUT2D eigenvalue weighted by Gasteiger charge is 2.18. The molecule has 0 spiro atoms. The molecule has 3 heteroatoms. The molecular formula is C14H19N3. The lowest BCUT2D eigenvalue weighted by molar-refractivity contribution is 0.451. The summed E-state index contributed by atoms with van der Waals surface area (Å²) in [6, 6.07) is 4.30. The standard InChI is InChI=1S/C14H19N3/c1-2-11-3-4-14-16-9-13(17(14)10-11)12-5-7-15-8-6-12/h3-4,9-10,12,15H,2,5-8H2,1H3. The van der Waals surface area contributed by atoms with E-state index in [1.807, 2.05) is 0 Å². The third-order valence-corrected chi connectivity index (χ3v) is 3.76. The molecule has 3 rings (SSSR count). The number of pyridine rings is 1. The van der Waals surface area contributed by atoms with E-state index < -0.39 is 0 Å². The quantitative estimate of drug-likeness (QED) is 0.856. The Morgan fingerprint density at radius 2 is 2.18 bits per heavy atom. The molecule has 0 radical (unpaired) electrons. The molecule has 90 valence electrons. The van der Waals surface area contributed by atoms with Gasteiger partial charge in [-0.05, 0) is 44.0 Å². The molecule has 1 N–H and O–H groups in total. The lowest BCUT2D eigenvalue weighted by atomic mass is 9.95. The van der Waals surface area contributed by atoms with Crippen LogP contribution in [0.5, 0.6) is 0 Å². The molecule has 1 aliphatic rings. The van der Waals surface area contributed by atoms with Crippen molar-refractivity contribution < 1.29 is 0 Å². The maximum absolute atomic E-state index is 4.51. The number of nitrogens with one attached hydrogen (secondary N) is 1. The van der Waals surface area contributed by atoms with Crippen LogP contribution < -0.4 is 5.32 Å². The zero-order chi connectivity index (χ0) is 11.7. The molecule has 2 aromatic heterocycles. The van der Waals surface area contributed by atoms with Crippen molar-refractivity contribution in [3.63, 3.8) is 0 Å². The van der Waals surface area contributed by atoms with Crippen molar-refractivity contribution in [2.75, 3.05) is 13.1 Å². The second-order valence-corrected chi connectivity index (χ2v) is 4.83. The van der Waals surface area contributed by atoms with Gasteiger partial charge in [0.2, 0.25) is 0 Å². The molecule has 1 saturated heterocycles. The highest BCUT2D eigenvalue weighted by Crippen LogP contribution is 2.26. The molecule has 0 bridgehead atoms. The summed E-state index contributed by atoms with van der Waals surface area (Å²) < 4.78 is 2.29. The van der Waals surface area contributed by atoms with E-state index in [1.54, 1.807) is 0 Å². The highest BCUT2D eigenvalue weighted by molar-refractivity contribution is 5.42. The summed E-state index contributed by atoms with van der Waals surface area (Å²) in [5.41, 5.74) is 3.85. The van der Waals surface area contributed by atoms with Crippen LogP contribution in [0, 0.1) is 0 Å². The third-order valence-electron chi connectivity index (χ3n) is 3.76. The molecule has 0 aliphatic carbocycles. The molecule has 0 atom stereocenters. The average Bonchev–Trinajstić information content (AvgIpc) is 2.82. The minimum absolute atomic E-state index is 0.665. The number of fused-ring (bicyclic) bond motifs is 1. The molecule has 0 amide bonds. The Labute approximate surface area is 102 Å². The average molecular weight is 229 g/mol. The maximum atomic E-state index is 4.51. The van der Waals surface area contributed by atoms with Crippen molar-refractivity contribution in [1.82, 2.24) is 14.7 Å². The van der Waals surface area contributed by atoms with Crippen LogP contribution in [-0.4, -0.2) is 22.5 Å². The fourth-order valence-electron chi connectivity index (χ4n) is 2.67. The second kappa shape index (κ2) is 4.49. The fourth-order valence-corrected chi connectivity index (χ4v) is 2.67. The number of nitrogens with zero attached hydrogens (tertiary/aromatic N) is 2. The van der Waals surface area contributed by atoms with Crippen molar-refractivity contribution in [2.24, 2.45) is 0 Å². The zero-order valence-corrected chi connectivity index (χ0v) is 10.3. The molecule has 17 heavy (non-hydrogen) atoms. The first-order chi connectivity index (χ1) is 8.38. The van der Waals surface area contributed by atoms with Crippen LogP contribution in [0.4, 0.5) is 0 Å². The molecule has 3 nitrogen and oxygen atoms in total. The second-order valence-electron chi connectivity index (χ2n) is 4.83. The summed E-state index contributed by atoms with van der Waals surface area (Å²) in [6.07, 6.45) is 7.85. The highest BCUT2D eigenvalue weighted by atomic mass is 15.0. The molecule has 0 aromatic carbocycles. The zero-order valence-electron chi connectivity index (χ0n) is 10.3. The van der Waals surface area contributed by atoms with Crippen LogP contribution >= 0.6 is 0 Å². The number of aryl methyl sites for hydroxylation is 1. The van der Waals surface area contributed by atoms with E-state index in [4.69, 9.17) is 0 Å². The largest absolute Gasteiger partial charge is 0.317 e. The molecule has 3 heterocycles. The SMILES string of the molecule is CCc1ccc2ncc(C3CCNCC3)n2c1. The number of piperidine rings is 1. The smallest absolute Gasteiger partial charge is 0.136 e. The monoisotopic (exact) mass is 229 g/mol. The first-order valence-corrected chi connectivity index (χ1v) is 6.55. The minimum atomic E-state index is 0.665.